The molecule has 2 amide bonds. The van der Waals surface area contributed by atoms with Gasteiger partial charge in [-0.3, -0.25) is 9.59 Å². The third-order valence-electron chi connectivity index (χ3n) is 3.77. The molecular weight excluding hydrogens is 288 g/mol. The summed E-state index contributed by atoms with van der Waals surface area (Å²) in [6.45, 7) is 0.311. The van der Waals surface area contributed by atoms with E-state index in [1.54, 1.807) is 6.20 Å². The number of hydrogen-bond acceptors (Lipinski definition) is 6. The van der Waals surface area contributed by atoms with Gasteiger partial charge < -0.3 is 31.8 Å². The third kappa shape index (κ3) is 3.81. The van der Waals surface area contributed by atoms with Gasteiger partial charge in [-0.2, -0.15) is 0 Å². The number of H-pyrrole nitrogens is 1. The summed E-state index contributed by atoms with van der Waals surface area (Å²) in [4.78, 5) is 32.6. The average Bonchev–Trinajstić information content (AvgIpc) is 3.16. The van der Waals surface area contributed by atoms with Crippen LogP contribution in [0.2, 0.25) is 0 Å². The molecule has 0 radical (unpaired) electrons. The van der Waals surface area contributed by atoms with E-state index in [1.165, 1.54) is 11.2 Å². The Kier molecular flexibility index (Phi) is 5.47. The third-order valence-corrected chi connectivity index (χ3v) is 3.77. The predicted octanol–water partition coefficient (Wildman–Crippen LogP) is -2.34. The number of nitrogens with one attached hydrogen (secondary N) is 2. The number of carbonyl (C=O) groups excluding carboxylic acids is 2. The molecule has 3 unspecified atom stereocenters. The first-order valence-corrected chi connectivity index (χ1v) is 7.23. The van der Waals surface area contributed by atoms with Crippen molar-refractivity contribution in [1.82, 2.24) is 20.2 Å². The highest BCUT2D eigenvalue weighted by Gasteiger charge is 2.36. The van der Waals surface area contributed by atoms with Crippen molar-refractivity contribution in [3.8, 4) is 0 Å². The predicted molar refractivity (Wildman–Crippen MR) is 78.2 cm³/mol. The number of imidazole rings is 1. The van der Waals surface area contributed by atoms with E-state index in [-0.39, 0.29) is 18.9 Å². The zero-order valence-corrected chi connectivity index (χ0v) is 12.2. The average molecular weight is 310 g/mol. The molecule has 9 heteroatoms. The van der Waals surface area contributed by atoms with Crippen molar-refractivity contribution in [2.75, 3.05) is 13.1 Å². The van der Waals surface area contributed by atoms with Gasteiger partial charge in [0.25, 0.3) is 0 Å². The maximum Gasteiger partial charge on any atom is 0.245 e. The van der Waals surface area contributed by atoms with Crippen LogP contribution in [0.4, 0.5) is 0 Å². The number of carbonyl (C=O) groups is 2. The zero-order chi connectivity index (χ0) is 16.1. The summed E-state index contributed by atoms with van der Waals surface area (Å²) >= 11 is 0. The monoisotopic (exact) mass is 310 g/mol. The van der Waals surface area contributed by atoms with Gasteiger partial charge in [-0.1, -0.05) is 0 Å². The van der Waals surface area contributed by atoms with Gasteiger partial charge in [0.05, 0.1) is 18.9 Å². The minimum Gasteiger partial charge on any atom is -0.377 e. The Labute approximate surface area is 128 Å². The Bertz CT molecular complexity index is 504. The molecule has 0 aromatic carbocycles. The molecule has 9 nitrogen and oxygen atoms in total. The van der Waals surface area contributed by atoms with Crippen molar-refractivity contribution in [2.24, 2.45) is 11.5 Å². The molecule has 1 aliphatic rings. The quantitative estimate of drug-likeness (QED) is 0.372. The smallest absolute Gasteiger partial charge is 0.245 e. The maximum atomic E-state index is 12.7. The van der Waals surface area contributed by atoms with Gasteiger partial charge in [0.1, 0.15) is 12.3 Å². The van der Waals surface area contributed by atoms with Gasteiger partial charge in [0.15, 0.2) is 0 Å². The molecule has 1 fully saturated rings. The molecule has 7 N–H and O–H groups in total. The standard InChI is InChI=1S/C13H22N6O3/c14-5-11(20)18-9(4-8-6-16-7-17-8)13(22)19-3-1-2-10(19)12(15)21/h6-7,9-10,12,21H,1-5,14-15H2,(H,16,17)(H,18,20). The Hall–Kier alpha value is -1.97. The van der Waals surface area contributed by atoms with E-state index in [1.807, 2.05) is 0 Å². The second-order valence-electron chi connectivity index (χ2n) is 5.34. The van der Waals surface area contributed by atoms with Gasteiger partial charge in [-0.15, -0.1) is 0 Å². The van der Waals surface area contributed by atoms with E-state index in [4.69, 9.17) is 11.5 Å². The highest BCUT2D eigenvalue weighted by molar-refractivity contribution is 5.88. The molecule has 0 aliphatic carbocycles. The first kappa shape index (κ1) is 16.4. The fourth-order valence-corrected chi connectivity index (χ4v) is 2.69. The minimum atomic E-state index is -1.09. The molecular formula is C13H22N6O3. The summed E-state index contributed by atoms with van der Waals surface area (Å²) in [6.07, 6.45) is 3.69. The largest absolute Gasteiger partial charge is 0.377 e. The SMILES string of the molecule is NCC(=O)NC(Cc1cnc[nH]1)C(=O)N1CCCC1C(N)O. The fraction of sp³-hybridized carbons (Fsp3) is 0.615. The Balaban J connectivity index is 2.12. The van der Waals surface area contributed by atoms with E-state index in [2.05, 4.69) is 15.3 Å². The molecule has 0 saturated carbocycles. The summed E-state index contributed by atoms with van der Waals surface area (Å²) in [5.74, 6) is -0.690. The molecule has 1 aromatic heterocycles. The fourth-order valence-electron chi connectivity index (χ4n) is 2.69. The van der Waals surface area contributed by atoms with E-state index < -0.39 is 24.2 Å². The topological polar surface area (TPSA) is 150 Å². The second-order valence-corrected chi connectivity index (χ2v) is 5.34. The molecule has 1 aromatic rings. The molecule has 1 aliphatic heterocycles. The van der Waals surface area contributed by atoms with Gasteiger partial charge >= 0.3 is 0 Å². The number of aromatic nitrogens is 2. The van der Waals surface area contributed by atoms with Crippen molar-refractivity contribution >= 4 is 11.8 Å². The van der Waals surface area contributed by atoms with Crippen LogP contribution < -0.4 is 16.8 Å². The van der Waals surface area contributed by atoms with Crippen LogP contribution in [-0.4, -0.2) is 63.2 Å². The second kappa shape index (κ2) is 7.34. The van der Waals surface area contributed by atoms with Crippen LogP contribution in [0.25, 0.3) is 0 Å². The van der Waals surface area contributed by atoms with Gasteiger partial charge in [0, 0.05) is 24.9 Å². The van der Waals surface area contributed by atoms with Crippen LogP contribution in [0.3, 0.4) is 0 Å². The Morgan fingerprint density at radius 1 is 1.59 bits per heavy atom. The summed E-state index contributed by atoms with van der Waals surface area (Å²) in [5, 5.41) is 12.2. The van der Waals surface area contributed by atoms with E-state index >= 15 is 0 Å². The normalized spacial score (nSPS) is 20.7. The summed E-state index contributed by atoms with van der Waals surface area (Å²) in [6, 6.07) is -1.19. The van der Waals surface area contributed by atoms with Crippen LogP contribution in [0.1, 0.15) is 18.5 Å². The molecule has 3 atom stereocenters. The lowest BCUT2D eigenvalue weighted by Crippen LogP contribution is -2.55. The lowest BCUT2D eigenvalue weighted by molar-refractivity contribution is -0.138. The van der Waals surface area contributed by atoms with E-state index in [0.29, 0.717) is 13.0 Å². The number of aliphatic hydroxyl groups is 1. The number of likely N-dealkylation sites (tertiary alicyclic amines) is 1. The lowest BCUT2D eigenvalue weighted by Gasteiger charge is -2.30. The van der Waals surface area contributed by atoms with Gasteiger partial charge in [0.2, 0.25) is 11.8 Å². The maximum absolute atomic E-state index is 12.7. The number of rotatable bonds is 6. The number of nitrogens with two attached hydrogens (primary N) is 2. The minimum absolute atomic E-state index is 0.199. The first-order valence-electron chi connectivity index (χ1n) is 7.23. The van der Waals surface area contributed by atoms with Crippen molar-refractivity contribution in [2.45, 2.75) is 37.6 Å². The lowest BCUT2D eigenvalue weighted by atomic mass is 10.1. The van der Waals surface area contributed by atoms with Crippen molar-refractivity contribution in [3.05, 3.63) is 18.2 Å². The van der Waals surface area contributed by atoms with Crippen LogP contribution in [0.5, 0.6) is 0 Å². The highest BCUT2D eigenvalue weighted by atomic mass is 16.3. The molecule has 2 rings (SSSR count). The molecule has 22 heavy (non-hydrogen) atoms. The number of aliphatic hydroxyl groups excluding tert-OH is 1. The van der Waals surface area contributed by atoms with Gasteiger partial charge in [-0.25, -0.2) is 4.98 Å². The molecule has 2 heterocycles. The van der Waals surface area contributed by atoms with Crippen LogP contribution in [0, 0.1) is 0 Å². The van der Waals surface area contributed by atoms with E-state index in [9.17, 15) is 14.7 Å². The first-order chi connectivity index (χ1) is 10.5. The Morgan fingerprint density at radius 2 is 2.36 bits per heavy atom. The highest BCUT2D eigenvalue weighted by Crippen LogP contribution is 2.20. The molecule has 0 spiro atoms. The number of nitrogens with zero attached hydrogens (tertiary/aromatic N) is 2. The van der Waals surface area contributed by atoms with Crippen molar-refractivity contribution in [3.63, 3.8) is 0 Å². The van der Waals surface area contributed by atoms with Crippen molar-refractivity contribution < 1.29 is 14.7 Å². The van der Waals surface area contributed by atoms with E-state index in [0.717, 1.165) is 12.1 Å². The summed E-state index contributed by atoms with van der Waals surface area (Å²) in [7, 11) is 0. The zero-order valence-electron chi connectivity index (χ0n) is 12.2. The molecule has 1 saturated heterocycles. The summed E-state index contributed by atoms with van der Waals surface area (Å²) in [5.41, 5.74) is 11.6. The van der Waals surface area contributed by atoms with Crippen LogP contribution in [0.15, 0.2) is 12.5 Å². The Morgan fingerprint density at radius 3 is 2.95 bits per heavy atom. The summed E-state index contributed by atoms with van der Waals surface area (Å²) < 4.78 is 0. The number of aromatic amines is 1. The molecule has 0 bridgehead atoms. The van der Waals surface area contributed by atoms with Crippen LogP contribution in [-0.2, 0) is 16.0 Å². The molecule has 122 valence electrons. The number of hydrogen-bond donors (Lipinski definition) is 5. The number of amides is 2. The van der Waals surface area contributed by atoms with Crippen LogP contribution >= 0.6 is 0 Å². The van der Waals surface area contributed by atoms with Gasteiger partial charge in [-0.05, 0) is 12.8 Å². The van der Waals surface area contributed by atoms with Crippen molar-refractivity contribution in [1.29, 1.82) is 0 Å².